The fourth-order valence-electron chi connectivity index (χ4n) is 5.74. The lowest BCUT2D eigenvalue weighted by Gasteiger charge is -2.47. The van der Waals surface area contributed by atoms with Gasteiger partial charge in [-0.2, -0.15) is 0 Å². The summed E-state index contributed by atoms with van der Waals surface area (Å²) < 4.78 is 23.6. The molecule has 0 aromatic carbocycles. The molecule has 3 fully saturated rings. The maximum Gasteiger partial charge on any atom is 0.186 e. The van der Waals surface area contributed by atoms with Crippen LogP contribution in [0, 0.1) is 5.41 Å². The monoisotopic (exact) mass is 698 g/mol. The van der Waals surface area contributed by atoms with Crippen LogP contribution in [0.5, 0.6) is 0 Å². The zero-order valence-corrected chi connectivity index (χ0v) is 26.6. The van der Waals surface area contributed by atoms with E-state index in [2.05, 4.69) is 10.3 Å². The highest BCUT2D eigenvalue weighted by Gasteiger charge is 2.51. The van der Waals surface area contributed by atoms with E-state index in [0.29, 0.717) is 12.8 Å². The maximum absolute atomic E-state index is 11.6. The third-order valence-electron chi connectivity index (χ3n) is 8.85. The van der Waals surface area contributed by atoms with Crippen molar-refractivity contribution in [1.29, 1.82) is 5.41 Å². The van der Waals surface area contributed by atoms with Crippen LogP contribution in [-0.2, 0) is 18.9 Å². The first-order chi connectivity index (χ1) is 22.5. The minimum absolute atomic E-state index is 0.112. The van der Waals surface area contributed by atoms with Crippen molar-refractivity contribution < 1.29 is 64.9 Å². The molecule has 21 N–H and O–H groups in total. The molecule has 2 heterocycles. The predicted octanol–water partition coefficient (Wildman–Crippen LogP) is -8.48. The predicted molar refractivity (Wildman–Crippen MR) is 166 cm³/mol. The second-order valence-corrected chi connectivity index (χ2v) is 12.6. The van der Waals surface area contributed by atoms with Gasteiger partial charge in [-0.3, -0.25) is 10.4 Å². The number of hydrogen-bond donors (Lipinski definition) is 16. The van der Waals surface area contributed by atoms with Gasteiger partial charge >= 0.3 is 0 Å². The second kappa shape index (κ2) is 18.0. The van der Waals surface area contributed by atoms with Gasteiger partial charge in [0.2, 0.25) is 0 Å². The van der Waals surface area contributed by atoms with E-state index in [4.69, 9.17) is 58.1 Å². The third-order valence-corrected chi connectivity index (χ3v) is 8.85. The van der Waals surface area contributed by atoms with Gasteiger partial charge in [-0.1, -0.05) is 0 Å². The highest BCUT2D eigenvalue weighted by molar-refractivity contribution is 5.85. The number of aliphatic imine (C=N–C) groups is 1. The maximum atomic E-state index is 11.6. The average Bonchev–Trinajstić information content (AvgIpc) is 3.06. The number of rotatable bonds is 14. The van der Waals surface area contributed by atoms with E-state index in [-0.39, 0.29) is 18.8 Å². The molecule has 3 rings (SSSR count). The summed E-state index contributed by atoms with van der Waals surface area (Å²) in [7, 11) is 0. The number of amidine groups is 2. The topological polar surface area (TPSA) is 397 Å². The van der Waals surface area contributed by atoms with Crippen molar-refractivity contribution in [1.82, 2.24) is 5.32 Å². The van der Waals surface area contributed by atoms with Crippen molar-refractivity contribution in [2.75, 3.05) is 19.8 Å². The first-order valence-corrected chi connectivity index (χ1v) is 15.8. The Bertz CT molecular complexity index is 1050. The molecule has 3 aliphatic rings. The Labute approximate surface area is 277 Å². The molecule has 0 radical (unpaired) electrons. The van der Waals surface area contributed by atoms with E-state index in [9.17, 15) is 40.9 Å². The molecule has 2 saturated heterocycles. The first kappa shape index (κ1) is 40.7. The molecule has 21 nitrogen and oxygen atoms in total. The number of aliphatic hydroxyl groups excluding tert-OH is 9. The van der Waals surface area contributed by atoms with Crippen LogP contribution >= 0.6 is 0 Å². The Morgan fingerprint density at radius 1 is 0.917 bits per heavy atom. The van der Waals surface area contributed by atoms with Crippen molar-refractivity contribution in [2.24, 2.45) is 33.7 Å². The zero-order chi connectivity index (χ0) is 36.0. The highest BCUT2D eigenvalue weighted by atomic mass is 16.7. The fourth-order valence-corrected chi connectivity index (χ4v) is 5.74. The van der Waals surface area contributed by atoms with Crippen LogP contribution in [0.2, 0.25) is 0 Å². The average molecular weight is 699 g/mol. The van der Waals surface area contributed by atoms with E-state index in [1.807, 2.05) is 0 Å². The van der Waals surface area contributed by atoms with Gasteiger partial charge in [-0.25, -0.2) is 0 Å². The summed E-state index contributed by atoms with van der Waals surface area (Å²) in [4.78, 5) is 4.18. The smallest absolute Gasteiger partial charge is 0.186 e. The first-order valence-electron chi connectivity index (χ1n) is 15.8. The number of nitrogens with one attached hydrogen (secondary N) is 2. The summed E-state index contributed by atoms with van der Waals surface area (Å²) in [5.74, 6) is -0.555. The van der Waals surface area contributed by atoms with Gasteiger partial charge in [0.15, 0.2) is 12.6 Å². The lowest BCUT2D eigenvalue weighted by atomic mass is 9.83. The van der Waals surface area contributed by atoms with Crippen molar-refractivity contribution in [3.8, 4) is 0 Å². The van der Waals surface area contributed by atoms with Crippen molar-refractivity contribution in [3.05, 3.63) is 0 Å². The molecule has 12 unspecified atom stereocenters. The van der Waals surface area contributed by atoms with Crippen molar-refractivity contribution in [2.45, 2.75) is 136 Å². The Kier molecular flexibility index (Phi) is 15.2. The van der Waals surface area contributed by atoms with E-state index in [1.165, 1.54) is 0 Å². The van der Waals surface area contributed by atoms with Crippen LogP contribution in [0.3, 0.4) is 0 Å². The van der Waals surface area contributed by atoms with Crippen LogP contribution in [-0.4, -0.2) is 187 Å². The number of nitrogens with zero attached hydrogens (tertiary/aromatic N) is 1. The Morgan fingerprint density at radius 3 is 2.17 bits per heavy atom. The number of ether oxygens (including phenoxy) is 4. The van der Waals surface area contributed by atoms with Crippen LogP contribution in [0.4, 0.5) is 0 Å². The largest absolute Gasteiger partial charge is 0.394 e. The Balaban J connectivity index is 1.86. The second-order valence-electron chi connectivity index (χ2n) is 12.6. The van der Waals surface area contributed by atoms with Gasteiger partial charge in [0, 0.05) is 12.6 Å². The molecule has 280 valence electrons. The summed E-state index contributed by atoms with van der Waals surface area (Å²) >= 11 is 0. The lowest BCUT2D eigenvalue weighted by Crippen LogP contribution is -2.67. The molecule has 0 amide bonds. The van der Waals surface area contributed by atoms with Crippen LogP contribution in [0.15, 0.2) is 4.99 Å². The normalized spacial score (nSPS) is 41.2. The minimum atomic E-state index is -2.09. The van der Waals surface area contributed by atoms with E-state index < -0.39 is 129 Å². The number of hydrogen-bond acceptors (Lipinski definition) is 19. The third kappa shape index (κ3) is 9.73. The van der Waals surface area contributed by atoms with Crippen LogP contribution in [0.25, 0.3) is 0 Å². The van der Waals surface area contributed by atoms with Gasteiger partial charge < -0.3 is 98.9 Å². The fraction of sp³-hybridized carbons (Fsp3) is 0.926. The van der Waals surface area contributed by atoms with Crippen molar-refractivity contribution >= 4 is 11.7 Å². The molecule has 0 aromatic heterocycles. The van der Waals surface area contributed by atoms with E-state index >= 15 is 0 Å². The Morgan fingerprint density at radius 2 is 1.56 bits per heavy atom. The summed E-state index contributed by atoms with van der Waals surface area (Å²) in [6, 6.07) is -4.71. The molecule has 1 aliphatic carbocycles. The molecule has 0 bridgehead atoms. The summed E-state index contributed by atoms with van der Waals surface area (Å²) in [5, 5.41) is 103. The summed E-state index contributed by atoms with van der Waals surface area (Å²) in [5.41, 5.74) is 30.3. The zero-order valence-electron chi connectivity index (χ0n) is 26.6. The SMILES string of the molecule is CC(N)C(=N)NC[C@@H]1CCC(N)[C@@H](OC2C(O)C(O[C@H]3OC(CO)C(O)[C@H](N)C3O)[C@H](N=C(N)C(O)C(O)C(O)C(O)CO)C[C@@H]2N)O1. The summed E-state index contributed by atoms with van der Waals surface area (Å²) in [6.45, 7) is 0.267. The molecule has 1 saturated carbocycles. The molecule has 48 heavy (non-hydrogen) atoms. The van der Waals surface area contributed by atoms with Gasteiger partial charge in [0.05, 0.1) is 43.5 Å². The summed E-state index contributed by atoms with van der Waals surface area (Å²) in [6.07, 6.45) is -19.1. The number of nitrogens with two attached hydrogens (primary N) is 5. The molecular formula is C27H54N8O13. The van der Waals surface area contributed by atoms with Gasteiger partial charge in [-0.05, 0) is 26.2 Å². The molecule has 0 spiro atoms. The lowest BCUT2D eigenvalue weighted by molar-refractivity contribution is -0.312. The van der Waals surface area contributed by atoms with Crippen LogP contribution < -0.4 is 34.0 Å². The molecule has 21 heteroatoms. The van der Waals surface area contributed by atoms with Gasteiger partial charge in [0.1, 0.15) is 72.7 Å². The standard InChI is InChI=1S/C27H54N8O13/c1-8(28)24(32)34-5-9-2-3-10(29)26(45-9)47-22-11(30)4-12(35-25(33)20(43)19(42)16(39)13(38)6-36)23(21(22)44)48-27-18(41)15(31)17(40)14(7-37)46-27/h8-23,26-27,36-44H,2-7,28-31H2,1H3,(H2,32,34)(H2,33,35)/t8?,9-,10?,11-,12+,13?,14?,15-,16?,17?,18?,19?,20?,21?,22?,23?,26+,27+/m0/s1. The quantitative estimate of drug-likeness (QED) is 0.0591. The molecular weight excluding hydrogens is 644 g/mol. The highest BCUT2D eigenvalue weighted by Crippen LogP contribution is 2.33. The van der Waals surface area contributed by atoms with Gasteiger partial charge in [0.25, 0.3) is 0 Å². The van der Waals surface area contributed by atoms with Gasteiger partial charge in [-0.15, -0.1) is 0 Å². The molecule has 0 aromatic rings. The van der Waals surface area contributed by atoms with E-state index in [0.717, 1.165) is 0 Å². The van der Waals surface area contributed by atoms with Crippen LogP contribution in [0.1, 0.15) is 26.2 Å². The molecule has 2 aliphatic heterocycles. The molecule has 18 atom stereocenters. The minimum Gasteiger partial charge on any atom is -0.394 e. The van der Waals surface area contributed by atoms with Crippen molar-refractivity contribution in [3.63, 3.8) is 0 Å². The number of aliphatic hydroxyl groups is 9. The van der Waals surface area contributed by atoms with E-state index in [1.54, 1.807) is 6.92 Å². The Hall–Kier alpha value is -1.74.